The van der Waals surface area contributed by atoms with Crippen molar-refractivity contribution in [1.82, 2.24) is 14.8 Å². The predicted octanol–water partition coefficient (Wildman–Crippen LogP) is 2.76. The van der Waals surface area contributed by atoms with Crippen molar-refractivity contribution in [1.29, 1.82) is 0 Å². The van der Waals surface area contributed by atoms with Gasteiger partial charge in [0.25, 0.3) is 0 Å². The molecule has 2 aliphatic rings. The van der Waals surface area contributed by atoms with Crippen LogP contribution in [0.3, 0.4) is 0 Å². The van der Waals surface area contributed by atoms with E-state index in [9.17, 15) is 9.59 Å². The van der Waals surface area contributed by atoms with Crippen LogP contribution in [0.4, 0.5) is 0 Å². The van der Waals surface area contributed by atoms with Crippen LogP contribution in [0.1, 0.15) is 29.7 Å². The van der Waals surface area contributed by atoms with Crippen LogP contribution in [0.25, 0.3) is 0 Å². The van der Waals surface area contributed by atoms with Gasteiger partial charge in [-0.05, 0) is 54.3 Å². The second-order valence-corrected chi connectivity index (χ2v) is 9.53. The quantitative estimate of drug-likeness (QED) is 0.610. The lowest BCUT2D eigenvalue weighted by molar-refractivity contribution is -0.139. The Balaban J connectivity index is 1.41. The molecule has 0 aliphatic carbocycles. The fourth-order valence-electron chi connectivity index (χ4n) is 4.23. The lowest BCUT2D eigenvalue weighted by atomic mass is 9.99. The highest BCUT2D eigenvalue weighted by Gasteiger charge is 2.32. The number of carbonyl (C=O) groups excluding carboxylic acids is 2. The van der Waals surface area contributed by atoms with E-state index in [2.05, 4.69) is 4.98 Å². The monoisotopic (exact) mass is 457 g/mol. The topological polar surface area (TPSA) is 72.0 Å². The third-order valence-electron chi connectivity index (χ3n) is 6.10. The van der Waals surface area contributed by atoms with E-state index in [1.807, 2.05) is 34.5 Å². The number of nitrogens with zero attached hydrogens (tertiary/aromatic N) is 3. The van der Waals surface area contributed by atoms with Gasteiger partial charge in [0.05, 0.1) is 19.3 Å². The molecule has 2 saturated heterocycles. The van der Waals surface area contributed by atoms with Gasteiger partial charge >= 0.3 is 0 Å². The second kappa shape index (κ2) is 11.5. The predicted molar refractivity (Wildman–Crippen MR) is 122 cm³/mol. The summed E-state index contributed by atoms with van der Waals surface area (Å²) in [6.45, 7) is 3.71. The number of rotatable bonds is 8. The van der Waals surface area contributed by atoms with Crippen LogP contribution in [0.5, 0.6) is 0 Å². The molecule has 172 valence electrons. The lowest BCUT2D eigenvalue weighted by Gasteiger charge is -2.30. The zero-order chi connectivity index (χ0) is 22.2. The summed E-state index contributed by atoms with van der Waals surface area (Å²) in [6.07, 6.45) is 6.31. The van der Waals surface area contributed by atoms with Crippen molar-refractivity contribution in [2.24, 2.45) is 5.92 Å². The van der Waals surface area contributed by atoms with Crippen molar-refractivity contribution in [3.63, 3.8) is 0 Å². The van der Waals surface area contributed by atoms with E-state index in [4.69, 9.17) is 9.47 Å². The minimum Gasteiger partial charge on any atom is -0.381 e. The number of carbonyl (C=O) groups is 2. The van der Waals surface area contributed by atoms with E-state index in [0.29, 0.717) is 45.0 Å². The van der Waals surface area contributed by atoms with Gasteiger partial charge in [0.1, 0.15) is 0 Å². The molecule has 0 spiro atoms. The number of thiophene rings is 1. The van der Waals surface area contributed by atoms with Gasteiger partial charge in [-0.25, -0.2) is 0 Å². The van der Waals surface area contributed by atoms with Crippen LogP contribution in [-0.2, 0) is 32.1 Å². The van der Waals surface area contributed by atoms with Gasteiger partial charge in [0.2, 0.25) is 11.8 Å². The Hall–Kier alpha value is -2.29. The number of amides is 2. The third kappa shape index (κ3) is 6.60. The van der Waals surface area contributed by atoms with Crippen LogP contribution in [-0.4, -0.2) is 72.1 Å². The van der Waals surface area contributed by atoms with E-state index in [-0.39, 0.29) is 24.5 Å². The molecule has 4 heterocycles. The van der Waals surface area contributed by atoms with Crippen molar-refractivity contribution in [2.75, 3.05) is 39.4 Å². The number of aryl methyl sites for hydroxylation is 1. The highest BCUT2D eigenvalue weighted by atomic mass is 32.1. The Morgan fingerprint density at radius 1 is 1.19 bits per heavy atom. The van der Waals surface area contributed by atoms with Gasteiger partial charge in [-0.3, -0.25) is 14.6 Å². The average molecular weight is 458 g/mol. The summed E-state index contributed by atoms with van der Waals surface area (Å²) >= 11 is 1.66. The van der Waals surface area contributed by atoms with Gasteiger partial charge < -0.3 is 19.3 Å². The normalized spacial score (nSPS) is 20.4. The molecule has 2 aliphatic heterocycles. The molecule has 1 atom stereocenters. The second-order valence-electron chi connectivity index (χ2n) is 8.50. The highest BCUT2D eigenvalue weighted by Crippen LogP contribution is 2.20. The largest absolute Gasteiger partial charge is 0.381 e. The van der Waals surface area contributed by atoms with Crippen LogP contribution >= 0.6 is 11.3 Å². The summed E-state index contributed by atoms with van der Waals surface area (Å²) < 4.78 is 11.7. The molecule has 2 aromatic rings. The van der Waals surface area contributed by atoms with Crippen molar-refractivity contribution >= 4 is 23.2 Å². The zero-order valence-electron chi connectivity index (χ0n) is 18.4. The average Bonchev–Trinajstić information content (AvgIpc) is 3.29. The zero-order valence-corrected chi connectivity index (χ0v) is 19.2. The number of ether oxygens (including phenoxy) is 2. The molecule has 4 rings (SSSR count). The molecule has 0 unspecified atom stereocenters. The summed E-state index contributed by atoms with van der Waals surface area (Å²) in [6, 6.07) is 7.88. The standard InChI is InChI=1S/C24H31N3O4S/c28-23(4-3-22-2-1-13-32-22)27-16-21(31-18-20-5-9-25-10-6-20)15-26(24(29)17-27)14-19-7-11-30-12-8-19/h1-2,5-6,9-10,13,19,21H,3-4,7-8,11-12,14-18H2/t21-/m0/s1. The van der Waals surface area contributed by atoms with Crippen molar-refractivity contribution in [3.8, 4) is 0 Å². The maximum absolute atomic E-state index is 13.1. The van der Waals surface area contributed by atoms with Gasteiger partial charge in [0, 0.05) is 56.5 Å². The van der Waals surface area contributed by atoms with E-state index in [1.165, 1.54) is 4.88 Å². The van der Waals surface area contributed by atoms with Gasteiger partial charge in [0.15, 0.2) is 0 Å². The molecule has 32 heavy (non-hydrogen) atoms. The van der Waals surface area contributed by atoms with E-state index in [0.717, 1.165) is 31.6 Å². The fourth-order valence-corrected chi connectivity index (χ4v) is 4.94. The Morgan fingerprint density at radius 3 is 2.75 bits per heavy atom. The first-order valence-corrected chi connectivity index (χ1v) is 12.2. The molecule has 8 heteroatoms. The molecule has 0 saturated carbocycles. The van der Waals surface area contributed by atoms with Crippen LogP contribution in [0.2, 0.25) is 0 Å². The molecule has 0 N–H and O–H groups in total. The Kier molecular flexibility index (Phi) is 8.25. The first-order valence-electron chi connectivity index (χ1n) is 11.3. The first-order chi connectivity index (χ1) is 15.7. The SMILES string of the molecule is O=C(CCc1cccs1)N1CC(=O)N(CC2CCOCC2)C[C@H](OCc2ccncc2)C1. The minimum atomic E-state index is -0.222. The molecule has 2 amide bonds. The van der Waals surface area contributed by atoms with Gasteiger partial charge in [-0.2, -0.15) is 0 Å². The molecule has 0 bridgehead atoms. The molecule has 7 nitrogen and oxygen atoms in total. The third-order valence-corrected chi connectivity index (χ3v) is 7.04. The molecular weight excluding hydrogens is 426 g/mol. The molecule has 0 aromatic carbocycles. The van der Waals surface area contributed by atoms with Crippen LogP contribution in [0.15, 0.2) is 42.0 Å². The van der Waals surface area contributed by atoms with Crippen molar-refractivity contribution < 1.29 is 19.1 Å². The summed E-state index contributed by atoms with van der Waals surface area (Å²) in [5.74, 6) is 0.461. The van der Waals surface area contributed by atoms with Crippen molar-refractivity contribution in [2.45, 2.75) is 38.4 Å². The van der Waals surface area contributed by atoms with E-state index in [1.54, 1.807) is 28.6 Å². The van der Waals surface area contributed by atoms with Crippen molar-refractivity contribution in [3.05, 3.63) is 52.5 Å². The van der Waals surface area contributed by atoms with Gasteiger partial charge in [-0.1, -0.05) is 6.07 Å². The summed E-state index contributed by atoms with van der Waals surface area (Å²) in [7, 11) is 0. The summed E-state index contributed by atoms with van der Waals surface area (Å²) in [5, 5.41) is 2.02. The Bertz CT molecular complexity index is 855. The molecule has 2 fully saturated rings. The van der Waals surface area contributed by atoms with Crippen LogP contribution < -0.4 is 0 Å². The molecule has 2 aromatic heterocycles. The number of pyridine rings is 1. The molecule has 0 radical (unpaired) electrons. The fraction of sp³-hybridized carbons (Fsp3) is 0.542. The Labute approximate surface area is 193 Å². The van der Waals surface area contributed by atoms with Gasteiger partial charge in [-0.15, -0.1) is 11.3 Å². The summed E-state index contributed by atoms with van der Waals surface area (Å²) in [5.41, 5.74) is 1.03. The first kappa shape index (κ1) is 22.9. The maximum Gasteiger partial charge on any atom is 0.242 e. The number of hydrogen-bond acceptors (Lipinski definition) is 6. The number of aromatic nitrogens is 1. The Morgan fingerprint density at radius 2 is 2.00 bits per heavy atom. The highest BCUT2D eigenvalue weighted by molar-refractivity contribution is 7.09. The maximum atomic E-state index is 13.1. The molecular formula is C24H31N3O4S. The minimum absolute atomic E-state index is 0.0102. The van der Waals surface area contributed by atoms with E-state index < -0.39 is 0 Å². The lowest BCUT2D eigenvalue weighted by Crippen LogP contribution is -2.42. The summed E-state index contributed by atoms with van der Waals surface area (Å²) in [4.78, 5) is 34.9. The van der Waals surface area contributed by atoms with Crippen LogP contribution in [0, 0.1) is 5.92 Å². The smallest absolute Gasteiger partial charge is 0.242 e. The van der Waals surface area contributed by atoms with E-state index >= 15 is 0 Å². The number of hydrogen-bond donors (Lipinski definition) is 0.